The average Bonchev–Trinajstić information content (AvgIpc) is 2.38. The summed E-state index contributed by atoms with van der Waals surface area (Å²) >= 11 is 9.45. The van der Waals surface area contributed by atoms with Crippen molar-refractivity contribution in [3.05, 3.63) is 64.2 Å². The molecule has 3 aromatic rings. The third-order valence-corrected chi connectivity index (χ3v) is 3.54. The molecule has 94 valence electrons. The van der Waals surface area contributed by atoms with Crippen LogP contribution in [0, 0.1) is 0 Å². The number of hydrogen-bond donors (Lipinski definition) is 1. The monoisotopic (exact) mass is 332 g/mol. The topological polar surface area (TPSA) is 24.9 Å². The van der Waals surface area contributed by atoms with E-state index in [-0.39, 0.29) is 0 Å². The lowest BCUT2D eigenvalue weighted by Crippen LogP contribution is -1.92. The molecular formula is C15H10BrClN2. The smallest absolute Gasteiger partial charge is 0.0737 e. The summed E-state index contributed by atoms with van der Waals surface area (Å²) in [7, 11) is 0. The molecule has 3 rings (SSSR count). The van der Waals surface area contributed by atoms with E-state index >= 15 is 0 Å². The second-order valence-corrected chi connectivity index (χ2v) is 5.51. The molecule has 2 nitrogen and oxygen atoms in total. The van der Waals surface area contributed by atoms with E-state index in [1.807, 2.05) is 48.5 Å². The maximum atomic E-state index is 5.99. The van der Waals surface area contributed by atoms with E-state index in [2.05, 4.69) is 26.2 Å². The number of fused-ring (bicyclic) bond motifs is 1. The first kappa shape index (κ1) is 12.5. The molecular weight excluding hydrogens is 324 g/mol. The van der Waals surface area contributed by atoms with Crippen molar-refractivity contribution in [2.45, 2.75) is 0 Å². The fraction of sp³-hybridized carbons (Fsp3) is 0. The Kier molecular flexibility index (Phi) is 3.40. The Balaban J connectivity index is 2.06. The number of pyridine rings is 1. The van der Waals surface area contributed by atoms with E-state index in [1.54, 1.807) is 6.20 Å². The maximum Gasteiger partial charge on any atom is 0.0737 e. The Morgan fingerprint density at radius 3 is 2.79 bits per heavy atom. The minimum Gasteiger partial charge on any atom is -0.355 e. The van der Waals surface area contributed by atoms with Crippen molar-refractivity contribution < 1.29 is 0 Å². The van der Waals surface area contributed by atoms with Crippen LogP contribution in [-0.4, -0.2) is 4.98 Å². The molecule has 0 unspecified atom stereocenters. The first-order valence-corrected chi connectivity index (χ1v) is 6.96. The van der Waals surface area contributed by atoms with Crippen LogP contribution >= 0.6 is 27.5 Å². The quantitative estimate of drug-likeness (QED) is 0.679. The van der Waals surface area contributed by atoms with Crippen LogP contribution in [-0.2, 0) is 0 Å². The minimum absolute atomic E-state index is 0.694. The first-order valence-electron chi connectivity index (χ1n) is 5.79. The molecule has 1 aromatic heterocycles. The number of nitrogens with one attached hydrogen (secondary N) is 1. The standard InChI is InChI=1S/C15H10BrClN2/c16-10-2-1-3-12(8-10)19-14-6-7-18-15-9-11(17)4-5-13(14)15/h1-9H,(H,18,19). The van der Waals surface area contributed by atoms with E-state index in [0.717, 1.165) is 26.8 Å². The van der Waals surface area contributed by atoms with Crippen molar-refractivity contribution in [3.8, 4) is 0 Å². The van der Waals surface area contributed by atoms with Crippen LogP contribution in [0.3, 0.4) is 0 Å². The molecule has 1 N–H and O–H groups in total. The molecule has 1 heterocycles. The largest absolute Gasteiger partial charge is 0.355 e. The molecule has 0 bridgehead atoms. The summed E-state index contributed by atoms with van der Waals surface area (Å²) in [6, 6.07) is 15.7. The summed E-state index contributed by atoms with van der Waals surface area (Å²) in [5.41, 5.74) is 2.92. The lowest BCUT2D eigenvalue weighted by Gasteiger charge is -2.09. The van der Waals surface area contributed by atoms with Crippen LogP contribution in [0.1, 0.15) is 0 Å². The number of benzene rings is 2. The van der Waals surface area contributed by atoms with Crippen molar-refractivity contribution in [2.24, 2.45) is 0 Å². The SMILES string of the molecule is Clc1ccc2c(Nc3cccc(Br)c3)ccnc2c1. The van der Waals surface area contributed by atoms with Gasteiger partial charge in [0.2, 0.25) is 0 Å². The number of aromatic nitrogens is 1. The van der Waals surface area contributed by atoms with Crippen LogP contribution in [0.2, 0.25) is 5.02 Å². The highest BCUT2D eigenvalue weighted by molar-refractivity contribution is 9.10. The van der Waals surface area contributed by atoms with Crippen molar-refractivity contribution in [1.82, 2.24) is 4.98 Å². The van der Waals surface area contributed by atoms with Gasteiger partial charge in [-0.3, -0.25) is 4.98 Å². The third kappa shape index (κ3) is 2.72. The Hall–Kier alpha value is -1.58. The fourth-order valence-electron chi connectivity index (χ4n) is 1.95. The Morgan fingerprint density at radius 2 is 1.95 bits per heavy atom. The summed E-state index contributed by atoms with van der Waals surface area (Å²) in [4.78, 5) is 4.33. The Morgan fingerprint density at radius 1 is 1.05 bits per heavy atom. The summed E-state index contributed by atoms with van der Waals surface area (Å²) < 4.78 is 1.04. The summed E-state index contributed by atoms with van der Waals surface area (Å²) in [6.07, 6.45) is 1.78. The van der Waals surface area contributed by atoms with Gasteiger partial charge in [0.15, 0.2) is 0 Å². The predicted octanol–water partition coefficient (Wildman–Crippen LogP) is 5.39. The normalized spacial score (nSPS) is 10.6. The average molecular weight is 334 g/mol. The predicted molar refractivity (Wildman–Crippen MR) is 84.2 cm³/mol. The van der Waals surface area contributed by atoms with Gasteiger partial charge in [-0.05, 0) is 42.5 Å². The zero-order valence-corrected chi connectivity index (χ0v) is 12.2. The molecule has 4 heteroatoms. The minimum atomic E-state index is 0.694. The van der Waals surface area contributed by atoms with Crippen LogP contribution in [0.4, 0.5) is 11.4 Å². The second kappa shape index (κ2) is 5.19. The van der Waals surface area contributed by atoms with E-state index in [9.17, 15) is 0 Å². The van der Waals surface area contributed by atoms with Gasteiger partial charge >= 0.3 is 0 Å². The molecule has 0 saturated carbocycles. The molecule has 19 heavy (non-hydrogen) atoms. The molecule has 0 spiro atoms. The third-order valence-electron chi connectivity index (χ3n) is 2.81. The highest BCUT2D eigenvalue weighted by Gasteiger charge is 2.03. The van der Waals surface area contributed by atoms with E-state index in [4.69, 9.17) is 11.6 Å². The molecule has 0 saturated heterocycles. The molecule has 0 aliphatic rings. The van der Waals surface area contributed by atoms with E-state index in [0.29, 0.717) is 5.02 Å². The second-order valence-electron chi connectivity index (χ2n) is 4.16. The number of anilines is 2. The van der Waals surface area contributed by atoms with Crippen molar-refractivity contribution in [3.63, 3.8) is 0 Å². The van der Waals surface area contributed by atoms with Gasteiger partial charge in [-0.2, -0.15) is 0 Å². The van der Waals surface area contributed by atoms with Crippen LogP contribution in [0.15, 0.2) is 59.2 Å². The van der Waals surface area contributed by atoms with Gasteiger partial charge in [0.1, 0.15) is 0 Å². The zero-order valence-electron chi connectivity index (χ0n) is 9.90. The Labute approximate surface area is 124 Å². The molecule has 2 aromatic carbocycles. The number of hydrogen-bond acceptors (Lipinski definition) is 2. The van der Waals surface area contributed by atoms with Gasteiger partial charge in [-0.1, -0.05) is 33.6 Å². The summed E-state index contributed by atoms with van der Waals surface area (Å²) in [5, 5.41) is 5.14. The van der Waals surface area contributed by atoms with Crippen molar-refractivity contribution in [2.75, 3.05) is 5.32 Å². The van der Waals surface area contributed by atoms with Gasteiger partial charge < -0.3 is 5.32 Å². The van der Waals surface area contributed by atoms with Crippen LogP contribution in [0.5, 0.6) is 0 Å². The first-order chi connectivity index (χ1) is 9.22. The Bertz CT molecular complexity index is 743. The van der Waals surface area contributed by atoms with Gasteiger partial charge in [0.05, 0.1) is 5.52 Å². The van der Waals surface area contributed by atoms with Crippen molar-refractivity contribution in [1.29, 1.82) is 0 Å². The van der Waals surface area contributed by atoms with Gasteiger partial charge in [-0.15, -0.1) is 0 Å². The molecule has 0 atom stereocenters. The summed E-state index contributed by atoms with van der Waals surface area (Å²) in [5.74, 6) is 0. The highest BCUT2D eigenvalue weighted by Crippen LogP contribution is 2.27. The number of halogens is 2. The summed E-state index contributed by atoms with van der Waals surface area (Å²) in [6.45, 7) is 0. The number of nitrogens with zero attached hydrogens (tertiary/aromatic N) is 1. The van der Waals surface area contributed by atoms with Gasteiger partial charge in [0, 0.05) is 32.5 Å². The van der Waals surface area contributed by atoms with Gasteiger partial charge in [0.25, 0.3) is 0 Å². The molecule has 0 radical (unpaired) electrons. The van der Waals surface area contributed by atoms with Crippen LogP contribution < -0.4 is 5.32 Å². The van der Waals surface area contributed by atoms with E-state index in [1.165, 1.54) is 0 Å². The molecule has 0 aliphatic heterocycles. The lowest BCUT2D eigenvalue weighted by atomic mass is 10.2. The van der Waals surface area contributed by atoms with Gasteiger partial charge in [-0.25, -0.2) is 0 Å². The maximum absolute atomic E-state index is 5.99. The zero-order chi connectivity index (χ0) is 13.2. The fourth-order valence-corrected chi connectivity index (χ4v) is 2.52. The molecule has 0 amide bonds. The van der Waals surface area contributed by atoms with Crippen molar-refractivity contribution >= 4 is 49.8 Å². The van der Waals surface area contributed by atoms with E-state index < -0.39 is 0 Å². The lowest BCUT2D eigenvalue weighted by molar-refractivity contribution is 1.40. The number of rotatable bonds is 2. The highest BCUT2D eigenvalue weighted by atomic mass is 79.9. The molecule has 0 aliphatic carbocycles. The van der Waals surface area contributed by atoms with Crippen LogP contribution in [0.25, 0.3) is 10.9 Å². The molecule has 0 fully saturated rings.